The van der Waals surface area contributed by atoms with Gasteiger partial charge in [0.25, 0.3) is 0 Å². The van der Waals surface area contributed by atoms with Gasteiger partial charge in [0.05, 0.1) is 21.8 Å². The summed E-state index contributed by atoms with van der Waals surface area (Å²) in [6.45, 7) is 4.50. The predicted octanol–water partition coefficient (Wildman–Crippen LogP) is 2.52. The van der Waals surface area contributed by atoms with Crippen LogP contribution in [0.4, 0.5) is 11.6 Å². The molecule has 7 nitrogen and oxygen atoms in total. The summed E-state index contributed by atoms with van der Waals surface area (Å²) < 4.78 is 1.26. The lowest BCUT2D eigenvalue weighted by Crippen LogP contribution is -2.53. The lowest BCUT2D eigenvalue weighted by atomic mass is 9.71. The fourth-order valence-corrected chi connectivity index (χ4v) is 5.80. The second-order valence-corrected chi connectivity index (χ2v) is 9.29. The van der Waals surface area contributed by atoms with Gasteiger partial charge in [-0.05, 0) is 36.3 Å². The van der Waals surface area contributed by atoms with Gasteiger partial charge in [0.15, 0.2) is 0 Å². The number of nitrogens with two attached hydrogens (primary N) is 1. The van der Waals surface area contributed by atoms with Gasteiger partial charge < -0.3 is 15.7 Å². The molecule has 0 bridgehead atoms. The number of β-amino-alcohol motifs (C(OH)–C–C–N with tert-alkyl or cyclic N) is 1. The van der Waals surface area contributed by atoms with Crippen molar-refractivity contribution in [3.05, 3.63) is 41.7 Å². The second kappa shape index (κ2) is 7.51. The zero-order valence-corrected chi connectivity index (χ0v) is 17.2. The first-order valence-corrected chi connectivity index (χ1v) is 11.0. The number of likely N-dealkylation sites (tertiary alicyclic amines) is 1. The smallest absolute Gasteiger partial charge is 0.134 e. The Morgan fingerprint density at radius 1 is 1.21 bits per heavy atom. The van der Waals surface area contributed by atoms with Crippen LogP contribution in [0.15, 0.2) is 36.1 Å². The van der Waals surface area contributed by atoms with Crippen LogP contribution < -0.4 is 10.6 Å². The quantitative estimate of drug-likeness (QED) is 0.685. The average Bonchev–Trinajstić information content (AvgIpc) is 3.18. The largest absolute Gasteiger partial charge is 0.392 e. The molecule has 5 rings (SSSR count). The zero-order chi connectivity index (χ0) is 19.8. The predicted molar refractivity (Wildman–Crippen MR) is 116 cm³/mol. The van der Waals surface area contributed by atoms with E-state index in [2.05, 4.69) is 43.0 Å². The van der Waals surface area contributed by atoms with Gasteiger partial charge in [-0.2, -0.15) is 0 Å². The summed E-state index contributed by atoms with van der Waals surface area (Å²) in [4.78, 5) is 17.5. The fourth-order valence-electron chi connectivity index (χ4n) is 5.00. The van der Waals surface area contributed by atoms with E-state index in [-0.39, 0.29) is 11.5 Å². The van der Waals surface area contributed by atoms with E-state index >= 15 is 0 Å². The Morgan fingerprint density at radius 3 is 2.90 bits per heavy atom. The highest BCUT2D eigenvalue weighted by Crippen LogP contribution is 2.41. The first-order chi connectivity index (χ1) is 14.1. The molecule has 0 saturated carbocycles. The molecule has 1 spiro atoms. The molecule has 0 amide bonds. The summed E-state index contributed by atoms with van der Waals surface area (Å²) >= 11 is 1.70. The number of aliphatic hydroxyl groups is 1. The van der Waals surface area contributed by atoms with Gasteiger partial charge in [0.1, 0.15) is 18.0 Å². The third kappa shape index (κ3) is 3.80. The molecule has 2 saturated heterocycles. The summed E-state index contributed by atoms with van der Waals surface area (Å²) in [6, 6.07) is 8.18. The molecule has 2 aliphatic heterocycles. The van der Waals surface area contributed by atoms with Crippen molar-refractivity contribution < 1.29 is 5.11 Å². The molecule has 8 heteroatoms. The number of nitrogens with zero attached hydrogens (tertiary/aromatic N) is 5. The Kier molecular flexibility index (Phi) is 4.85. The molecule has 1 aromatic carbocycles. The minimum atomic E-state index is -0.273. The van der Waals surface area contributed by atoms with E-state index < -0.39 is 0 Å². The standard InChI is InChI=1S/C21H26N6OS/c22-18-8-19(24-13-23-18)27-6-4-21(5-7-27)9-16(28)11-26(12-21)10-15-2-1-3-17-20(15)29-14-25-17/h1-3,8,13-14,16,28H,4-7,9-12H2,(H2,22,23,24). The third-order valence-corrected chi connectivity index (χ3v) is 7.27. The van der Waals surface area contributed by atoms with Gasteiger partial charge in [0, 0.05) is 38.8 Å². The summed E-state index contributed by atoms with van der Waals surface area (Å²) in [6.07, 6.45) is 4.24. The van der Waals surface area contributed by atoms with E-state index in [9.17, 15) is 5.11 Å². The highest BCUT2D eigenvalue weighted by Gasteiger charge is 2.41. The van der Waals surface area contributed by atoms with Crippen molar-refractivity contribution >= 4 is 33.2 Å². The van der Waals surface area contributed by atoms with E-state index in [4.69, 9.17) is 5.73 Å². The number of benzene rings is 1. The molecule has 0 radical (unpaired) electrons. The van der Waals surface area contributed by atoms with Gasteiger partial charge >= 0.3 is 0 Å². The highest BCUT2D eigenvalue weighted by atomic mass is 32.1. The van der Waals surface area contributed by atoms with Crippen LogP contribution in [0.5, 0.6) is 0 Å². The van der Waals surface area contributed by atoms with E-state index in [1.54, 1.807) is 11.3 Å². The molecule has 2 fully saturated rings. The molecule has 4 heterocycles. The molecule has 1 atom stereocenters. The maximum Gasteiger partial charge on any atom is 0.134 e. The van der Waals surface area contributed by atoms with Gasteiger partial charge in [-0.3, -0.25) is 4.90 Å². The summed E-state index contributed by atoms with van der Waals surface area (Å²) in [5.41, 5.74) is 10.3. The Balaban J connectivity index is 1.29. The molecule has 2 aliphatic rings. The summed E-state index contributed by atoms with van der Waals surface area (Å²) in [5.74, 6) is 1.41. The van der Waals surface area contributed by atoms with Crippen molar-refractivity contribution in [3.63, 3.8) is 0 Å². The number of hydrogen-bond acceptors (Lipinski definition) is 8. The van der Waals surface area contributed by atoms with Crippen LogP contribution in [0.2, 0.25) is 0 Å². The maximum absolute atomic E-state index is 10.7. The Bertz CT molecular complexity index is 1000. The van der Waals surface area contributed by atoms with Gasteiger partial charge in [-0.1, -0.05) is 12.1 Å². The summed E-state index contributed by atoms with van der Waals surface area (Å²) in [5, 5.41) is 10.7. The van der Waals surface area contributed by atoms with Crippen molar-refractivity contribution in [3.8, 4) is 0 Å². The van der Waals surface area contributed by atoms with E-state index in [0.29, 0.717) is 5.82 Å². The molecular formula is C21H26N6OS. The molecule has 3 aromatic rings. The average molecular weight is 411 g/mol. The van der Waals surface area contributed by atoms with Crippen molar-refractivity contribution in [1.82, 2.24) is 19.9 Å². The number of piperidine rings is 2. The Labute approximate surface area is 174 Å². The number of anilines is 2. The number of nitrogen functional groups attached to an aromatic ring is 1. The van der Waals surface area contributed by atoms with Gasteiger partial charge in [-0.25, -0.2) is 15.0 Å². The minimum Gasteiger partial charge on any atom is -0.392 e. The normalized spacial score (nSPS) is 22.4. The lowest BCUT2D eigenvalue weighted by molar-refractivity contribution is -0.0250. The summed E-state index contributed by atoms with van der Waals surface area (Å²) in [7, 11) is 0. The molecule has 29 heavy (non-hydrogen) atoms. The Morgan fingerprint density at radius 2 is 2.07 bits per heavy atom. The number of fused-ring (bicyclic) bond motifs is 1. The first-order valence-electron chi connectivity index (χ1n) is 10.1. The van der Waals surface area contributed by atoms with Gasteiger partial charge in [0.2, 0.25) is 0 Å². The van der Waals surface area contributed by atoms with Crippen molar-refractivity contribution in [2.45, 2.75) is 31.9 Å². The van der Waals surface area contributed by atoms with Crippen molar-refractivity contribution in [1.29, 1.82) is 0 Å². The maximum atomic E-state index is 10.7. The van der Waals surface area contributed by atoms with E-state index in [0.717, 1.165) is 63.3 Å². The zero-order valence-electron chi connectivity index (χ0n) is 16.4. The number of aromatic nitrogens is 3. The van der Waals surface area contributed by atoms with Crippen LogP contribution in [0.25, 0.3) is 10.2 Å². The molecule has 0 aliphatic carbocycles. The number of thiazole rings is 1. The second-order valence-electron chi connectivity index (χ2n) is 8.43. The van der Waals surface area contributed by atoms with Crippen molar-refractivity contribution in [2.75, 3.05) is 36.8 Å². The van der Waals surface area contributed by atoms with Crippen molar-refractivity contribution in [2.24, 2.45) is 5.41 Å². The number of rotatable bonds is 3. The molecule has 3 N–H and O–H groups in total. The molecule has 152 valence electrons. The highest BCUT2D eigenvalue weighted by molar-refractivity contribution is 7.16. The van der Waals surface area contributed by atoms with Crippen LogP contribution in [0.3, 0.4) is 0 Å². The van der Waals surface area contributed by atoms with E-state index in [1.165, 1.54) is 16.6 Å². The Hall–Kier alpha value is -2.29. The fraction of sp³-hybridized carbons (Fsp3) is 0.476. The lowest BCUT2D eigenvalue weighted by Gasteiger charge is -2.49. The number of hydrogen-bond donors (Lipinski definition) is 2. The van der Waals surface area contributed by atoms with Gasteiger partial charge in [-0.15, -0.1) is 11.3 Å². The monoisotopic (exact) mass is 410 g/mol. The van der Waals surface area contributed by atoms with Crippen LogP contribution in [0.1, 0.15) is 24.8 Å². The molecule has 2 aromatic heterocycles. The van der Waals surface area contributed by atoms with Crippen LogP contribution in [-0.2, 0) is 6.54 Å². The third-order valence-electron chi connectivity index (χ3n) is 6.35. The van der Waals surface area contributed by atoms with Crippen LogP contribution >= 0.6 is 11.3 Å². The topological polar surface area (TPSA) is 91.4 Å². The molecule has 1 unspecified atom stereocenters. The van der Waals surface area contributed by atoms with Crippen LogP contribution in [0, 0.1) is 5.41 Å². The SMILES string of the molecule is Nc1cc(N2CCC3(CC2)CC(O)CN(Cc2cccc4ncsc24)C3)ncn1. The first kappa shape index (κ1) is 18.7. The number of aliphatic hydroxyl groups excluding tert-OH is 1. The minimum absolute atomic E-state index is 0.161. The molecular weight excluding hydrogens is 384 g/mol. The van der Waals surface area contributed by atoms with E-state index in [1.807, 2.05) is 11.6 Å². The van der Waals surface area contributed by atoms with Crippen LogP contribution in [-0.4, -0.2) is 57.2 Å².